The summed E-state index contributed by atoms with van der Waals surface area (Å²) in [5.41, 5.74) is 3.19. The van der Waals surface area contributed by atoms with Crippen LogP contribution in [0.15, 0.2) is 34.9 Å². The van der Waals surface area contributed by atoms with Gasteiger partial charge in [-0.3, -0.25) is 9.78 Å². The van der Waals surface area contributed by atoms with Crippen LogP contribution >= 0.6 is 0 Å². The number of pyridine rings is 1. The van der Waals surface area contributed by atoms with Gasteiger partial charge < -0.3 is 14.6 Å². The van der Waals surface area contributed by atoms with E-state index in [-0.39, 0.29) is 0 Å². The second kappa shape index (κ2) is 7.19. The maximum Gasteiger partial charge on any atom is 0.339 e. The van der Waals surface area contributed by atoms with Crippen LogP contribution in [0.3, 0.4) is 0 Å². The molecule has 0 aliphatic heterocycles. The predicted molar refractivity (Wildman–Crippen MR) is 98.5 cm³/mol. The average molecular weight is 365 g/mol. The Morgan fingerprint density at radius 3 is 2.85 bits per heavy atom. The number of hydrogen-bond donors (Lipinski definition) is 1. The Bertz CT molecular complexity index is 1030. The Morgan fingerprint density at radius 2 is 2.04 bits per heavy atom. The van der Waals surface area contributed by atoms with Crippen LogP contribution in [-0.4, -0.2) is 28.6 Å². The normalized spacial score (nSPS) is 13.2. The van der Waals surface area contributed by atoms with E-state index >= 15 is 0 Å². The minimum atomic E-state index is -0.502. The number of esters is 1. The van der Waals surface area contributed by atoms with Crippen molar-refractivity contribution in [2.75, 3.05) is 11.9 Å². The molecule has 0 saturated heterocycles. The number of carbonyl (C=O) groups is 2. The van der Waals surface area contributed by atoms with Crippen LogP contribution in [0, 0.1) is 6.92 Å². The number of ether oxygens (including phenoxy) is 1. The minimum Gasteiger partial charge on any atom is -0.452 e. The third kappa shape index (κ3) is 3.53. The number of anilines is 1. The molecular formula is C20H19N3O4. The number of hydrogen-bond acceptors (Lipinski definition) is 6. The van der Waals surface area contributed by atoms with E-state index in [1.165, 1.54) is 0 Å². The van der Waals surface area contributed by atoms with Crippen LogP contribution in [0.1, 0.15) is 40.2 Å². The van der Waals surface area contributed by atoms with E-state index in [1.807, 2.05) is 24.3 Å². The number of benzene rings is 1. The Morgan fingerprint density at radius 1 is 1.22 bits per heavy atom. The van der Waals surface area contributed by atoms with E-state index in [4.69, 9.17) is 14.2 Å². The first-order chi connectivity index (χ1) is 13.1. The number of carbonyl (C=O) groups excluding carboxylic acids is 2. The maximum absolute atomic E-state index is 12.8. The molecule has 1 aliphatic carbocycles. The summed E-state index contributed by atoms with van der Waals surface area (Å²) in [7, 11) is 0. The number of rotatable bonds is 4. The molecule has 1 aromatic carbocycles. The number of nitrogens with zero attached hydrogens (tertiary/aromatic N) is 2. The van der Waals surface area contributed by atoms with Gasteiger partial charge in [0, 0.05) is 17.1 Å². The molecule has 1 aliphatic rings. The molecule has 0 radical (unpaired) electrons. The van der Waals surface area contributed by atoms with Gasteiger partial charge in [0.15, 0.2) is 12.4 Å². The zero-order chi connectivity index (χ0) is 18.8. The van der Waals surface area contributed by atoms with E-state index in [2.05, 4.69) is 10.5 Å². The Labute approximate surface area is 155 Å². The molecule has 1 amide bonds. The van der Waals surface area contributed by atoms with E-state index < -0.39 is 18.5 Å². The van der Waals surface area contributed by atoms with Crippen LogP contribution in [0.2, 0.25) is 0 Å². The van der Waals surface area contributed by atoms with E-state index in [1.54, 1.807) is 13.0 Å². The Hall–Kier alpha value is -3.22. The predicted octanol–water partition coefficient (Wildman–Crippen LogP) is 3.21. The summed E-state index contributed by atoms with van der Waals surface area (Å²) in [5, 5.41) is 6.98. The summed E-state index contributed by atoms with van der Waals surface area (Å²) < 4.78 is 10.2. The van der Waals surface area contributed by atoms with Gasteiger partial charge in [-0.05, 0) is 44.2 Å². The summed E-state index contributed by atoms with van der Waals surface area (Å²) in [6, 6.07) is 9.11. The van der Waals surface area contributed by atoms with Crippen LogP contribution in [0.4, 0.5) is 5.82 Å². The van der Waals surface area contributed by atoms with Gasteiger partial charge in [0.1, 0.15) is 5.76 Å². The summed E-state index contributed by atoms with van der Waals surface area (Å²) in [6.07, 6.45) is 3.72. The second-order valence-electron chi connectivity index (χ2n) is 6.58. The third-order valence-corrected chi connectivity index (χ3v) is 4.60. The van der Waals surface area contributed by atoms with Crippen molar-refractivity contribution in [3.05, 3.63) is 52.9 Å². The van der Waals surface area contributed by atoms with E-state index in [0.29, 0.717) is 17.1 Å². The van der Waals surface area contributed by atoms with Crippen LogP contribution < -0.4 is 5.32 Å². The zero-order valence-corrected chi connectivity index (χ0v) is 14.9. The van der Waals surface area contributed by atoms with Crippen molar-refractivity contribution in [3.63, 3.8) is 0 Å². The molecule has 4 rings (SSSR count). The molecule has 2 aromatic heterocycles. The van der Waals surface area contributed by atoms with Gasteiger partial charge in [0.05, 0.1) is 11.1 Å². The smallest absolute Gasteiger partial charge is 0.339 e. The highest BCUT2D eigenvalue weighted by molar-refractivity contribution is 6.06. The highest BCUT2D eigenvalue weighted by Crippen LogP contribution is 2.29. The number of amides is 1. The number of aryl methyl sites for hydroxylation is 2. The summed E-state index contributed by atoms with van der Waals surface area (Å²) in [6.45, 7) is 1.33. The molecule has 0 spiro atoms. The van der Waals surface area contributed by atoms with Crippen molar-refractivity contribution in [3.8, 4) is 0 Å². The number of nitrogens with one attached hydrogen (secondary N) is 1. The topological polar surface area (TPSA) is 94.3 Å². The fourth-order valence-corrected chi connectivity index (χ4v) is 3.41. The summed E-state index contributed by atoms with van der Waals surface area (Å²) in [5.74, 6) is -0.0976. The van der Waals surface area contributed by atoms with Gasteiger partial charge in [-0.1, -0.05) is 23.4 Å². The summed E-state index contributed by atoms with van der Waals surface area (Å²) in [4.78, 5) is 29.6. The van der Waals surface area contributed by atoms with Crippen molar-refractivity contribution in [2.24, 2.45) is 0 Å². The molecule has 0 atom stereocenters. The number of fused-ring (bicyclic) bond motifs is 2. The lowest BCUT2D eigenvalue weighted by Gasteiger charge is -2.19. The third-order valence-electron chi connectivity index (χ3n) is 4.60. The van der Waals surface area contributed by atoms with Gasteiger partial charge in [0.2, 0.25) is 0 Å². The molecule has 0 bridgehead atoms. The largest absolute Gasteiger partial charge is 0.452 e. The van der Waals surface area contributed by atoms with Gasteiger partial charge >= 0.3 is 5.97 Å². The van der Waals surface area contributed by atoms with Gasteiger partial charge in [-0.2, -0.15) is 0 Å². The first kappa shape index (κ1) is 17.2. The van der Waals surface area contributed by atoms with Gasteiger partial charge in [0.25, 0.3) is 5.91 Å². The molecule has 2 heterocycles. The Kier molecular flexibility index (Phi) is 4.58. The number of aromatic nitrogens is 2. The molecule has 27 heavy (non-hydrogen) atoms. The lowest BCUT2D eigenvalue weighted by atomic mass is 9.90. The second-order valence-corrected chi connectivity index (χ2v) is 6.58. The standard InChI is InChI=1S/C20H19N3O4/c1-12-10-17(23-27-12)22-18(24)11-26-20(25)19-13-6-2-4-8-15(13)21-16-9-5-3-7-14(16)19/h2,4,6,8,10H,3,5,7,9,11H2,1H3,(H,22,23,24). The molecule has 3 aromatic rings. The fourth-order valence-electron chi connectivity index (χ4n) is 3.41. The van der Waals surface area contributed by atoms with Crippen molar-refractivity contribution >= 4 is 28.6 Å². The zero-order valence-electron chi connectivity index (χ0n) is 14.9. The summed E-state index contributed by atoms with van der Waals surface area (Å²) >= 11 is 0. The molecule has 1 N–H and O–H groups in total. The minimum absolute atomic E-state index is 0.292. The monoisotopic (exact) mass is 365 g/mol. The van der Waals surface area contributed by atoms with Crippen molar-refractivity contribution in [1.29, 1.82) is 0 Å². The fraction of sp³-hybridized carbons (Fsp3) is 0.300. The molecule has 7 nitrogen and oxygen atoms in total. The number of para-hydroxylation sites is 1. The van der Waals surface area contributed by atoms with Crippen molar-refractivity contribution < 1.29 is 18.8 Å². The first-order valence-electron chi connectivity index (χ1n) is 8.92. The van der Waals surface area contributed by atoms with Crippen LogP contribution in [0.25, 0.3) is 10.9 Å². The molecule has 0 unspecified atom stereocenters. The lowest BCUT2D eigenvalue weighted by molar-refractivity contribution is -0.119. The van der Waals surface area contributed by atoms with Gasteiger partial charge in [-0.15, -0.1) is 0 Å². The highest BCUT2D eigenvalue weighted by Gasteiger charge is 2.24. The van der Waals surface area contributed by atoms with E-state index in [0.717, 1.165) is 47.8 Å². The highest BCUT2D eigenvalue weighted by atomic mass is 16.5. The molecule has 0 fully saturated rings. The average Bonchev–Trinajstić information content (AvgIpc) is 3.08. The SMILES string of the molecule is Cc1cc(NC(=O)COC(=O)c2c3c(nc4ccccc24)CCCC3)no1. The molecular weight excluding hydrogens is 346 g/mol. The molecule has 0 saturated carbocycles. The Balaban J connectivity index is 1.56. The van der Waals surface area contributed by atoms with Crippen LogP contribution in [-0.2, 0) is 22.4 Å². The first-order valence-corrected chi connectivity index (χ1v) is 8.92. The maximum atomic E-state index is 12.8. The van der Waals surface area contributed by atoms with Gasteiger partial charge in [-0.25, -0.2) is 4.79 Å². The quantitative estimate of drug-likeness (QED) is 0.714. The van der Waals surface area contributed by atoms with E-state index in [9.17, 15) is 9.59 Å². The van der Waals surface area contributed by atoms with Crippen molar-refractivity contribution in [2.45, 2.75) is 32.6 Å². The van der Waals surface area contributed by atoms with Crippen molar-refractivity contribution in [1.82, 2.24) is 10.1 Å². The molecule has 7 heteroatoms. The lowest BCUT2D eigenvalue weighted by Crippen LogP contribution is -2.22. The van der Waals surface area contributed by atoms with Crippen LogP contribution in [0.5, 0.6) is 0 Å². The molecule has 138 valence electrons.